The molecule has 1 radical (unpaired) electrons. The van der Waals surface area contributed by atoms with E-state index in [-0.39, 0.29) is 5.82 Å². The molecule has 0 saturated heterocycles. The maximum absolute atomic E-state index is 15.9. The molecule has 1 N–H and O–H groups in total. The van der Waals surface area contributed by atoms with Crippen LogP contribution in [0, 0.1) is 17.3 Å². The van der Waals surface area contributed by atoms with Gasteiger partial charge in [0.15, 0.2) is 0 Å². The van der Waals surface area contributed by atoms with Crippen LogP contribution in [0.2, 0.25) is 16.6 Å². The summed E-state index contributed by atoms with van der Waals surface area (Å²) in [4.78, 5) is 5.18. The molecule has 239 valence electrons. The topological polar surface area (TPSA) is 41.8 Å². The molecule has 0 saturated carbocycles. The minimum Gasteiger partial charge on any atom is -0.427 e. The third-order valence-electron chi connectivity index (χ3n) is 9.64. The number of fused-ring (bicyclic) bond motifs is 1. The first-order chi connectivity index (χ1) is 21.6. The van der Waals surface area contributed by atoms with Crippen molar-refractivity contribution in [2.24, 2.45) is 4.99 Å². The van der Waals surface area contributed by atoms with E-state index in [9.17, 15) is 5.11 Å². The predicted molar refractivity (Wildman–Crippen MR) is 197 cm³/mol. The lowest BCUT2D eigenvalue weighted by atomic mass is 9.79. The van der Waals surface area contributed by atoms with Crippen molar-refractivity contribution >= 4 is 43.2 Å². The highest BCUT2D eigenvalue weighted by molar-refractivity contribution is 6.90. The van der Waals surface area contributed by atoms with Gasteiger partial charge in [-0.25, -0.2) is 9.38 Å². The van der Waals surface area contributed by atoms with Gasteiger partial charge in [0.2, 0.25) is 0 Å². The van der Waals surface area contributed by atoms with Gasteiger partial charge < -0.3 is 9.76 Å². The molecule has 4 aromatic rings. The summed E-state index contributed by atoms with van der Waals surface area (Å²) in [5.74, 6) is 3.04. The summed E-state index contributed by atoms with van der Waals surface area (Å²) in [6.45, 7) is 20.7. The van der Waals surface area contributed by atoms with Gasteiger partial charge in [-0.15, -0.1) is 5.54 Å². The van der Waals surface area contributed by atoms with Crippen molar-refractivity contribution in [1.82, 2.24) is 0 Å². The Bertz CT molecular complexity index is 1680. The molecule has 4 aromatic carbocycles. The summed E-state index contributed by atoms with van der Waals surface area (Å²) in [5, 5.41) is 12.3. The molecule has 0 bridgehead atoms. The Kier molecular flexibility index (Phi) is 10.8. The first-order valence-corrected chi connectivity index (χ1v) is 18.5. The molecule has 0 aliphatic heterocycles. The van der Waals surface area contributed by atoms with E-state index in [0.29, 0.717) is 38.7 Å². The van der Waals surface area contributed by atoms with E-state index in [0.717, 1.165) is 22.2 Å². The highest BCUT2D eigenvalue weighted by Crippen LogP contribution is 2.41. The summed E-state index contributed by atoms with van der Waals surface area (Å²) < 4.78 is 22.2. The number of aliphatic hydroxyl groups is 1. The SMILES string of the molecule is CC(C)[Si](C#Cc1c(F)ccc2cc(N=C(c3ccccc3)c3ccccc3)cc([B]OC(C)(C)C(C)(C)O)c12)(C(C)C)C(C)C. The lowest BCUT2D eigenvalue weighted by Crippen LogP contribution is -2.49. The van der Waals surface area contributed by atoms with Gasteiger partial charge in [-0.1, -0.05) is 114 Å². The van der Waals surface area contributed by atoms with E-state index in [1.165, 1.54) is 6.07 Å². The van der Waals surface area contributed by atoms with E-state index in [4.69, 9.17) is 9.65 Å². The van der Waals surface area contributed by atoms with Gasteiger partial charge >= 0.3 is 7.48 Å². The molecule has 0 fully saturated rings. The fourth-order valence-electron chi connectivity index (χ4n) is 6.31. The summed E-state index contributed by atoms with van der Waals surface area (Å²) in [5.41, 5.74) is 7.43. The minimum absolute atomic E-state index is 0.360. The molecule has 0 aromatic heterocycles. The third kappa shape index (κ3) is 7.39. The molecule has 0 aliphatic rings. The van der Waals surface area contributed by atoms with Gasteiger partial charge in [0.1, 0.15) is 13.9 Å². The Hall–Kier alpha value is -3.50. The fraction of sp³-hybridized carbons (Fsp3) is 0.375. The van der Waals surface area contributed by atoms with E-state index >= 15 is 4.39 Å². The normalized spacial score (nSPS) is 12.4. The largest absolute Gasteiger partial charge is 0.427 e. The van der Waals surface area contributed by atoms with Crippen molar-refractivity contribution in [1.29, 1.82) is 0 Å². The Morgan fingerprint density at radius 2 is 1.33 bits per heavy atom. The van der Waals surface area contributed by atoms with Crippen molar-refractivity contribution < 1.29 is 14.2 Å². The number of rotatable bonds is 10. The number of aliphatic imine (C=N–C) groups is 1. The van der Waals surface area contributed by atoms with Crippen LogP contribution in [-0.4, -0.2) is 37.6 Å². The lowest BCUT2D eigenvalue weighted by molar-refractivity contribution is -0.0893. The van der Waals surface area contributed by atoms with Gasteiger partial charge in [-0.3, -0.25) is 0 Å². The Labute approximate surface area is 277 Å². The molecule has 4 rings (SSSR count). The number of benzene rings is 4. The Morgan fingerprint density at radius 3 is 1.80 bits per heavy atom. The van der Waals surface area contributed by atoms with E-state index in [1.54, 1.807) is 27.4 Å². The molecule has 0 unspecified atom stereocenters. The second-order valence-corrected chi connectivity index (χ2v) is 19.8. The van der Waals surface area contributed by atoms with Crippen molar-refractivity contribution in [3.63, 3.8) is 0 Å². The van der Waals surface area contributed by atoms with Gasteiger partial charge in [-0.2, -0.15) is 0 Å². The molecule has 6 heteroatoms. The van der Waals surface area contributed by atoms with Gasteiger partial charge in [-0.05, 0) is 78.8 Å². The predicted octanol–water partition coefficient (Wildman–Crippen LogP) is 9.53. The zero-order valence-corrected chi connectivity index (χ0v) is 30.1. The summed E-state index contributed by atoms with van der Waals surface area (Å²) >= 11 is 0. The molecular formula is C40H48BFNO2Si. The van der Waals surface area contributed by atoms with E-state index in [2.05, 4.69) is 53.0 Å². The van der Waals surface area contributed by atoms with Gasteiger partial charge in [0.25, 0.3) is 0 Å². The van der Waals surface area contributed by atoms with Crippen LogP contribution in [0.25, 0.3) is 10.8 Å². The second-order valence-electron chi connectivity index (χ2n) is 14.2. The van der Waals surface area contributed by atoms with Gasteiger partial charge in [0, 0.05) is 11.1 Å². The molecule has 46 heavy (non-hydrogen) atoms. The quantitative estimate of drug-likeness (QED) is 0.108. The van der Waals surface area contributed by atoms with Crippen LogP contribution in [0.15, 0.2) is 89.9 Å². The van der Waals surface area contributed by atoms with Crippen molar-refractivity contribution in [3.05, 3.63) is 107 Å². The minimum atomic E-state index is -2.14. The van der Waals surface area contributed by atoms with Crippen LogP contribution >= 0.6 is 0 Å². The third-order valence-corrected chi connectivity index (χ3v) is 15.9. The van der Waals surface area contributed by atoms with E-state index < -0.39 is 19.3 Å². The van der Waals surface area contributed by atoms with Gasteiger partial charge in [0.05, 0.1) is 28.2 Å². The summed E-state index contributed by atoms with van der Waals surface area (Å²) in [7, 11) is -0.512. The zero-order valence-electron chi connectivity index (χ0n) is 29.1. The van der Waals surface area contributed by atoms with E-state index in [1.807, 2.05) is 86.6 Å². The van der Waals surface area contributed by atoms with Crippen LogP contribution < -0.4 is 5.46 Å². The van der Waals surface area contributed by atoms with Crippen LogP contribution in [0.4, 0.5) is 10.1 Å². The molecule has 0 heterocycles. The first kappa shape index (κ1) is 35.4. The number of hydrogen-bond donors (Lipinski definition) is 1. The van der Waals surface area contributed by atoms with Crippen molar-refractivity contribution in [3.8, 4) is 11.5 Å². The molecule has 0 amide bonds. The highest BCUT2D eigenvalue weighted by Gasteiger charge is 2.42. The molecular weight excluding hydrogens is 584 g/mol. The number of halogens is 1. The van der Waals surface area contributed by atoms with Crippen LogP contribution in [0.5, 0.6) is 0 Å². The smallest absolute Gasteiger partial charge is 0.331 e. The van der Waals surface area contributed by atoms with Crippen molar-refractivity contribution in [2.75, 3.05) is 0 Å². The fourth-order valence-corrected chi connectivity index (χ4v) is 11.5. The molecule has 3 nitrogen and oxygen atoms in total. The van der Waals surface area contributed by atoms with Crippen LogP contribution in [-0.2, 0) is 4.65 Å². The average molecular weight is 633 g/mol. The highest BCUT2D eigenvalue weighted by atomic mass is 28.3. The standard InChI is InChI=1S/C40H48BFNO2Si/c1-27(2)46(28(3)4,29(5)6)24-23-34-36(42)22-21-32-25-33(26-35(37(32)34)41-45-40(9,10)39(7,8)44)43-38(30-17-13-11-14-18-30)31-19-15-12-16-20-31/h11-22,25-29,44H,1-10H3. The van der Waals surface area contributed by atoms with Crippen LogP contribution in [0.1, 0.15) is 85.9 Å². The Balaban J connectivity index is 2.01. The van der Waals surface area contributed by atoms with Crippen molar-refractivity contribution in [2.45, 2.75) is 97.1 Å². The lowest BCUT2D eigenvalue weighted by Gasteiger charge is -2.38. The first-order valence-electron chi connectivity index (χ1n) is 16.3. The number of hydrogen-bond acceptors (Lipinski definition) is 3. The summed E-state index contributed by atoms with van der Waals surface area (Å²) in [6, 6.07) is 27.4. The maximum Gasteiger partial charge on any atom is 0.331 e. The molecule has 0 atom stereocenters. The average Bonchev–Trinajstić information content (AvgIpc) is 2.99. The second kappa shape index (κ2) is 14.1. The number of nitrogens with zero attached hydrogens (tertiary/aromatic N) is 1. The maximum atomic E-state index is 15.9. The zero-order chi connectivity index (χ0) is 33.9. The Morgan fingerprint density at radius 1 is 0.804 bits per heavy atom. The monoisotopic (exact) mass is 632 g/mol. The molecule has 0 spiro atoms. The summed E-state index contributed by atoms with van der Waals surface area (Å²) in [6.07, 6.45) is 0. The van der Waals surface area contributed by atoms with Crippen LogP contribution in [0.3, 0.4) is 0 Å². The molecule has 0 aliphatic carbocycles.